The number of nitrogens with two attached hydrogens (primary N) is 1. The molecular formula is C8H20N2P+. The number of hydrogen-bond donors (Lipinski definition) is 1. The molecule has 11 heavy (non-hydrogen) atoms. The van der Waals surface area contributed by atoms with Gasteiger partial charge in [0.2, 0.25) is 0 Å². The number of likely N-dealkylation sites (N-methyl/N-ethyl adjacent to an activating group) is 1. The van der Waals surface area contributed by atoms with Gasteiger partial charge >= 0.3 is 0 Å². The van der Waals surface area contributed by atoms with Crippen LogP contribution in [0.1, 0.15) is 13.8 Å². The fourth-order valence-corrected chi connectivity index (χ4v) is 2.16. The SMILES string of the molecule is C=C(N)C(C(C)C)[N+](C)(C)P. The van der Waals surface area contributed by atoms with Gasteiger partial charge in [0, 0.05) is 5.92 Å². The summed E-state index contributed by atoms with van der Waals surface area (Å²) in [6, 6.07) is 0.319. The minimum atomic E-state index is 0.319. The highest BCUT2D eigenvalue weighted by molar-refractivity contribution is 7.08. The minimum Gasteiger partial charge on any atom is -0.398 e. The molecule has 0 bridgehead atoms. The average Bonchev–Trinajstić information content (AvgIpc) is 1.54. The van der Waals surface area contributed by atoms with Crippen LogP contribution in [0.4, 0.5) is 0 Å². The summed E-state index contributed by atoms with van der Waals surface area (Å²) in [6.07, 6.45) is 0. The van der Waals surface area contributed by atoms with Crippen molar-refractivity contribution in [2.45, 2.75) is 19.9 Å². The van der Waals surface area contributed by atoms with E-state index in [1.54, 1.807) is 0 Å². The van der Waals surface area contributed by atoms with E-state index in [-0.39, 0.29) is 0 Å². The molecule has 2 unspecified atom stereocenters. The Bertz CT molecular complexity index is 147. The van der Waals surface area contributed by atoms with Crippen LogP contribution in [-0.4, -0.2) is 24.4 Å². The zero-order chi connectivity index (χ0) is 9.23. The molecule has 2 nitrogen and oxygen atoms in total. The van der Waals surface area contributed by atoms with E-state index in [2.05, 4.69) is 43.9 Å². The van der Waals surface area contributed by atoms with Crippen LogP contribution >= 0.6 is 9.39 Å². The third-order valence-corrected chi connectivity index (χ3v) is 2.05. The van der Waals surface area contributed by atoms with Crippen LogP contribution in [0, 0.1) is 5.92 Å². The maximum atomic E-state index is 5.70. The third kappa shape index (κ3) is 3.22. The first-order chi connectivity index (χ1) is 4.76. The van der Waals surface area contributed by atoms with Gasteiger partial charge in [-0.15, -0.1) is 0 Å². The summed E-state index contributed by atoms with van der Waals surface area (Å²) < 4.78 is 0.771. The van der Waals surface area contributed by atoms with Crippen LogP contribution in [-0.2, 0) is 0 Å². The smallest absolute Gasteiger partial charge is 0.131 e. The Labute approximate surface area is 72.3 Å². The van der Waals surface area contributed by atoms with Crippen molar-refractivity contribution in [3.8, 4) is 0 Å². The first kappa shape index (κ1) is 10.9. The van der Waals surface area contributed by atoms with Gasteiger partial charge in [-0.2, -0.15) is 0 Å². The Morgan fingerprint density at radius 1 is 1.45 bits per heavy atom. The molecule has 0 aliphatic rings. The van der Waals surface area contributed by atoms with Crippen molar-refractivity contribution in [2.75, 3.05) is 14.1 Å². The van der Waals surface area contributed by atoms with Crippen molar-refractivity contribution in [3.05, 3.63) is 12.3 Å². The van der Waals surface area contributed by atoms with Gasteiger partial charge in [0.1, 0.15) is 6.04 Å². The first-order valence-electron chi connectivity index (χ1n) is 3.83. The van der Waals surface area contributed by atoms with Crippen molar-refractivity contribution >= 4 is 9.39 Å². The fourth-order valence-electron chi connectivity index (χ4n) is 1.62. The highest BCUT2D eigenvalue weighted by atomic mass is 31.0. The monoisotopic (exact) mass is 175 g/mol. The largest absolute Gasteiger partial charge is 0.398 e. The second-order valence-electron chi connectivity index (χ2n) is 3.89. The van der Waals surface area contributed by atoms with Gasteiger partial charge < -0.3 is 9.99 Å². The van der Waals surface area contributed by atoms with E-state index in [4.69, 9.17) is 5.73 Å². The normalized spacial score (nSPS) is 15.1. The molecule has 0 spiro atoms. The summed E-state index contributed by atoms with van der Waals surface area (Å²) >= 11 is 0. The predicted molar refractivity (Wildman–Crippen MR) is 53.8 cm³/mol. The van der Waals surface area contributed by atoms with Gasteiger partial charge in [0.05, 0.1) is 29.2 Å². The van der Waals surface area contributed by atoms with Crippen LogP contribution in [0.2, 0.25) is 0 Å². The molecule has 0 amide bonds. The molecule has 2 N–H and O–H groups in total. The molecule has 0 aliphatic carbocycles. The van der Waals surface area contributed by atoms with Crippen LogP contribution in [0.5, 0.6) is 0 Å². The van der Waals surface area contributed by atoms with Crippen molar-refractivity contribution in [1.82, 2.24) is 0 Å². The molecule has 0 aromatic carbocycles. The Hall–Kier alpha value is -0.0700. The molecule has 0 saturated heterocycles. The van der Waals surface area contributed by atoms with Crippen LogP contribution in [0.25, 0.3) is 0 Å². The molecule has 0 rings (SSSR count). The summed E-state index contributed by atoms with van der Waals surface area (Å²) in [6.45, 7) is 8.11. The molecule has 3 heteroatoms. The number of hydrogen-bond acceptors (Lipinski definition) is 1. The molecule has 0 saturated carbocycles. The van der Waals surface area contributed by atoms with Gasteiger partial charge in [0.15, 0.2) is 0 Å². The molecule has 0 aliphatic heterocycles. The van der Waals surface area contributed by atoms with Crippen LogP contribution in [0.3, 0.4) is 0 Å². The van der Waals surface area contributed by atoms with E-state index in [1.807, 2.05) is 0 Å². The van der Waals surface area contributed by atoms with E-state index >= 15 is 0 Å². The zero-order valence-corrected chi connectivity index (χ0v) is 9.12. The summed E-state index contributed by atoms with van der Waals surface area (Å²) in [5.74, 6) is 0.528. The summed E-state index contributed by atoms with van der Waals surface area (Å²) in [5.41, 5.74) is 6.46. The second-order valence-corrected chi connectivity index (χ2v) is 5.22. The highest BCUT2D eigenvalue weighted by Crippen LogP contribution is 2.23. The van der Waals surface area contributed by atoms with E-state index in [0.29, 0.717) is 12.0 Å². The lowest BCUT2D eigenvalue weighted by atomic mass is 10.0. The lowest BCUT2D eigenvalue weighted by Crippen LogP contribution is -2.45. The minimum absolute atomic E-state index is 0.319. The average molecular weight is 175 g/mol. The van der Waals surface area contributed by atoms with Gasteiger partial charge in [0.25, 0.3) is 0 Å². The molecule has 0 aromatic heterocycles. The standard InChI is InChI=1S/C8H20N2P/c1-6(2)8(7(3)9)10(4,5)11/h6,8H,3,9,11H2,1-2,4-5H3/q+1. The van der Waals surface area contributed by atoms with Crippen molar-refractivity contribution in [1.29, 1.82) is 0 Å². The van der Waals surface area contributed by atoms with E-state index in [1.165, 1.54) is 0 Å². The maximum Gasteiger partial charge on any atom is 0.131 e. The molecule has 0 heterocycles. The van der Waals surface area contributed by atoms with Crippen molar-refractivity contribution < 1.29 is 4.25 Å². The van der Waals surface area contributed by atoms with Gasteiger partial charge in [-0.25, -0.2) is 0 Å². The molecular weight excluding hydrogens is 155 g/mol. The van der Waals surface area contributed by atoms with E-state index < -0.39 is 0 Å². The topological polar surface area (TPSA) is 26.0 Å². The number of rotatable bonds is 3. The summed E-state index contributed by atoms with van der Waals surface area (Å²) in [4.78, 5) is 0. The van der Waals surface area contributed by atoms with Gasteiger partial charge in [-0.05, 0) is 0 Å². The van der Waals surface area contributed by atoms with Crippen LogP contribution < -0.4 is 5.73 Å². The Kier molecular flexibility index (Phi) is 3.53. The highest BCUT2D eigenvalue weighted by Gasteiger charge is 2.28. The number of quaternary nitrogens is 1. The zero-order valence-electron chi connectivity index (χ0n) is 7.96. The van der Waals surface area contributed by atoms with Gasteiger partial charge in [-0.1, -0.05) is 20.4 Å². The van der Waals surface area contributed by atoms with Gasteiger partial charge in [-0.3, -0.25) is 0 Å². The second kappa shape index (κ2) is 3.55. The Morgan fingerprint density at radius 3 is 1.82 bits per heavy atom. The predicted octanol–water partition coefficient (Wildman–Crippen LogP) is 1.35. The van der Waals surface area contributed by atoms with E-state index in [0.717, 1.165) is 9.95 Å². The summed E-state index contributed by atoms with van der Waals surface area (Å²) in [7, 11) is 6.97. The third-order valence-electron chi connectivity index (χ3n) is 1.73. The molecule has 0 fully saturated rings. The molecule has 66 valence electrons. The molecule has 2 atom stereocenters. The first-order valence-corrected chi connectivity index (χ1v) is 4.35. The lowest BCUT2D eigenvalue weighted by Gasteiger charge is -2.36. The molecule has 0 aromatic rings. The lowest BCUT2D eigenvalue weighted by molar-refractivity contribution is -0.783. The quantitative estimate of drug-likeness (QED) is 0.644. The van der Waals surface area contributed by atoms with Crippen molar-refractivity contribution in [3.63, 3.8) is 0 Å². The fraction of sp³-hybridized carbons (Fsp3) is 0.750. The van der Waals surface area contributed by atoms with E-state index in [9.17, 15) is 0 Å². The Balaban J connectivity index is 4.49. The Morgan fingerprint density at radius 2 is 1.82 bits per heavy atom. The number of nitrogens with zero attached hydrogens (tertiary/aromatic N) is 1. The van der Waals surface area contributed by atoms with Crippen molar-refractivity contribution in [2.24, 2.45) is 11.7 Å². The molecule has 0 radical (unpaired) electrons. The van der Waals surface area contributed by atoms with Crippen LogP contribution in [0.15, 0.2) is 12.3 Å². The maximum absolute atomic E-state index is 5.70. The summed E-state index contributed by atoms with van der Waals surface area (Å²) in [5, 5.41) is 0.